The van der Waals surface area contributed by atoms with E-state index in [0.29, 0.717) is 16.7 Å². The average molecular weight is 234 g/mol. The van der Waals surface area contributed by atoms with Crippen LogP contribution in [0.25, 0.3) is 11.2 Å². The van der Waals surface area contributed by atoms with Gasteiger partial charge in [-0.2, -0.15) is 0 Å². The van der Waals surface area contributed by atoms with Gasteiger partial charge in [-0.1, -0.05) is 0 Å². The number of rotatable bonds is 3. The summed E-state index contributed by atoms with van der Waals surface area (Å²) in [6.45, 7) is 4.01. The maximum atomic E-state index is 10.9. The number of hydrogen-bond donors (Lipinski definition) is 2. The lowest BCUT2D eigenvalue weighted by Gasteiger charge is -2.09. The largest absolute Gasteiger partial charge is 0.480 e. The minimum absolute atomic E-state index is 0.212. The van der Waals surface area contributed by atoms with Gasteiger partial charge in [-0.25, -0.2) is 9.97 Å². The molecule has 2 heterocycles. The molecule has 0 amide bonds. The van der Waals surface area contributed by atoms with E-state index in [9.17, 15) is 4.79 Å². The number of carboxylic acid groups (broad SMARTS) is 1. The predicted molar refractivity (Wildman–Crippen MR) is 62.5 cm³/mol. The number of nitrogens with zero attached hydrogens (tertiary/aromatic N) is 3. The number of imidazole rings is 1. The highest BCUT2D eigenvalue weighted by Crippen LogP contribution is 2.22. The molecule has 3 N–H and O–H groups in total. The lowest BCUT2D eigenvalue weighted by atomic mass is 10.1. The molecule has 0 fully saturated rings. The van der Waals surface area contributed by atoms with Gasteiger partial charge < -0.3 is 15.4 Å². The first kappa shape index (κ1) is 11.5. The number of hydrogen-bond acceptors (Lipinski definition) is 4. The van der Waals surface area contributed by atoms with Crippen molar-refractivity contribution in [3.05, 3.63) is 24.2 Å². The van der Waals surface area contributed by atoms with E-state index in [4.69, 9.17) is 10.8 Å². The van der Waals surface area contributed by atoms with Gasteiger partial charge in [-0.15, -0.1) is 0 Å². The molecule has 0 spiro atoms. The molecule has 0 radical (unpaired) electrons. The van der Waals surface area contributed by atoms with Crippen molar-refractivity contribution in [1.29, 1.82) is 0 Å². The van der Waals surface area contributed by atoms with E-state index in [1.165, 1.54) is 0 Å². The summed E-state index contributed by atoms with van der Waals surface area (Å²) in [4.78, 5) is 19.3. The van der Waals surface area contributed by atoms with Crippen molar-refractivity contribution in [2.45, 2.75) is 25.9 Å². The second-order valence-electron chi connectivity index (χ2n) is 4.13. The fraction of sp³-hybridized carbons (Fsp3) is 0.364. The third-order valence-corrected chi connectivity index (χ3v) is 2.65. The first-order valence-corrected chi connectivity index (χ1v) is 5.32. The second kappa shape index (κ2) is 4.14. The zero-order valence-corrected chi connectivity index (χ0v) is 9.66. The molecule has 0 aliphatic heterocycles. The average Bonchev–Trinajstić information content (AvgIpc) is 2.71. The summed E-state index contributed by atoms with van der Waals surface area (Å²) in [5.41, 5.74) is 7.31. The summed E-state index contributed by atoms with van der Waals surface area (Å²) in [5.74, 6) is -1.07. The van der Waals surface area contributed by atoms with Crippen molar-refractivity contribution in [3.8, 4) is 0 Å². The molecule has 90 valence electrons. The van der Waals surface area contributed by atoms with Gasteiger partial charge >= 0.3 is 5.97 Å². The number of aromatic nitrogens is 3. The summed E-state index contributed by atoms with van der Waals surface area (Å²) in [7, 11) is 0. The predicted octanol–water partition coefficient (Wildman–Crippen LogP) is 1.10. The van der Waals surface area contributed by atoms with Crippen molar-refractivity contribution in [3.63, 3.8) is 0 Å². The SMILES string of the molecule is CC(C)n1cnc2c(C(N)C(=O)O)ccnc21. The summed E-state index contributed by atoms with van der Waals surface area (Å²) >= 11 is 0. The van der Waals surface area contributed by atoms with E-state index in [-0.39, 0.29) is 6.04 Å². The Labute approximate surface area is 98.1 Å². The van der Waals surface area contributed by atoms with Crippen molar-refractivity contribution in [1.82, 2.24) is 14.5 Å². The number of pyridine rings is 1. The van der Waals surface area contributed by atoms with Crippen LogP contribution < -0.4 is 5.73 Å². The van der Waals surface area contributed by atoms with E-state index in [0.717, 1.165) is 0 Å². The molecule has 2 aromatic rings. The third-order valence-electron chi connectivity index (χ3n) is 2.65. The Hall–Kier alpha value is -1.95. The highest BCUT2D eigenvalue weighted by atomic mass is 16.4. The molecule has 0 saturated carbocycles. The van der Waals surface area contributed by atoms with Crippen molar-refractivity contribution in [2.75, 3.05) is 0 Å². The molecule has 1 unspecified atom stereocenters. The smallest absolute Gasteiger partial charge is 0.325 e. The molecule has 0 aromatic carbocycles. The lowest BCUT2D eigenvalue weighted by Crippen LogP contribution is -2.21. The first-order valence-electron chi connectivity index (χ1n) is 5.32. The summed E-state index contributed by atoms with van der Waals surface area (Å²) in [6, 6.07) is 0.735. The fourth-order valence-electron chi connectivity index (χ4n) is 1.72. The molecule has 1 atom stereocenters. The van der Waals surface area contributed by atoms with Gasteiger partial charge in [0.2, 0.25) is 0 Å². The van der Waals surface area contributed by atoms with Crippen LogP contribution in [-0.4, -0.2) is 25.6 Å². The van der Waals surface area contributed by atoms with Crippen LogP contribution in [0.1, 0.15) is 31.5 Å². The quantitative estimate of drug-likeness (QED) is 0.829. The Morgan fingerprint density at radius 1 is 1.47 bits per heavy atom. The molecule has 2 rings (SSSR count). The molecule has 0 aliphatic carbocycles. The Kier molecular flexibility index (Phi) is 2.81. The maximum absolute atomic E-state index is 10.9. The van der Waals surface area contributed by atoms with Gasteiger partial charge in [0.15, 0.2) is 5.65 Å². The second-order valence-corrected chi connectivity index (χ2v) is 4.13. The zero-order valence-electron chi connectivity index (χ0n) is 9.66. The molecule has 6 nitrogen and oxygen atoms in total. The number of carbonyl (C=O) groups is 1. The Morgan fingerprint density at radius 3 is 2.76 bits per heavy atom. The molecule has 0 saturated heterocycles. The summed E-state index contributed by atoms with van der Waals surface area (Å²) < 4.78 is 1.88. The summed E-state index contributed by atoms with van der Waals surface area (Å²) in [6.07, 6.45) is 3.21. The Bertz CT molecular complexity index is 562. The van der Waals surface area contributed by atoms with Crippen LogP contribution in [0.2, 0.25) is 0 Å². The molecule has 2 aromatic heterocycles. The van der Waals surface area contributed by atoms with Crippen molar-refractivity contribution >= 4 is 17.1 Å². The van der Waals surface area contributed by atoms with Crippen LogP contribution in [0.5, 0.6) is 0 Å². The standard InChI is InChI=1S/C11H14N4O2/c1-6(2)15-5-14-9-7(8(12)11(16)17)3-4-13-10(9)15/h3-6,8H,12H2,1-2H3,(H,16,17). The molecular formula is C11H14N4O2. The monoisotopic (exact) mass is 234 g/mol. The Balaban J connectivity index is 2.63. The number of nitrogens with two attached hydrogens (primary N) is 1. The lowest BCUT2D eigenvalue weighted by molar-refractivity contribution is -0.138. The van der Waals surface area contributed by atoms with E-state index < -0.39 is 12.0 Å². The van der Waals surface area contributed by atoms with E-state index in [1.807, 2.05) is 18.4 Å². The number of aliphatic carboxylic acids is 1. The highest BCUT2D eigenvalue weighted by molar-refractivity contribution is 5.84. The van der Waals surface area contributed by atoms with Gasteiger partial charge in [-0.3, -0.25) is 4.79 Å². The molecule has 17 heavy (non-hydrogen) atoms. The van der Waals surface area contributed by atoms with Crippen LogP contribution in [0, 0.1) is 0 Å². The normalized spacial score (nSPS) is 13.2. The van der Waals surface area contributed by atoms with Crippen LogP contribution in [0.15, 0.2) is 18.6 Å². The zero-order chi connectivity index (χ0) is 12.6. The van der Waals surface area contributed by atoms with Crippen molar-refractivity contribution < 1.29 is 9.90 Å². The van der Waals surface area contributed by atoms with Gasteiger partial charge in [-0.05, 0) is 19.9 Å². The van der Waals surface area contributed by atoms with Gasteiger partial charge in [0.1, 0.15) is 11.6 Å². The van der Waals surface area contributed by atoms with Crippen LogP contribution >= 0.6 is 0 Å². The molecule has 6 heteroatoms. The van der Waals surface area contributed by atoms with Gasteiger partial charge in [0.25, 0.3) is 0 Å². The van der Waals surface area contributed by atoms with Gasteiger partial charge in [0.05, 0.1) is 6.33 Å². The van der Waals surface area contributed by atoms with E-state index in [1.54, 1.807) is 18.6 Å². The summed E-state index contributed by atoms with van der Waals surface area (Å²) in [5, 5.41) is 8.93. The van der Waals surface area contributed by atoms with Gasteiger partial charge in [0, 0.05) is 17.8 Å². The Morgan fingerprint density at radius 2 is 2.18 bits per heavy atom. The molecule has 0 bridgehead atoms. The minimum Gasteiger partial charge on any atom is -0.480 e. The number of carboxylic acids is 1. The van der Waals surface area contributed by atoms with E-state index in [2.05, 4.69) is 9.97 Å². The number of fused-ring (bicyclic) bond motifs is 1. The van der Waals surface area contributed by atoms with E-state index >= 15 is 0 Å². The molecule has 0 aliphatic rings. The first-order chi connectivity index (χ1) is 8.02. The van der Waals surface area contributed by atoms with Crippen LogP contribution in [0.3, 0.4) is 0 Å². The highest BCUT2D eigenvalue weighted by Gasteiger charge is 2.20. The third kappa shape index (κ3) is 1.87. The maximum Gasteiger partial charge on any atom is 0.325 e. The molecular weight excluding hydrogens is 220 g/mol. The fourth-order valence-corrected chi connectivity index (χ4v) is 1.72. The van der Waals surface area contributed by atoms with Crippen molar-refractivity contribution in [2.24, 2.45) is 5.73 Å². The van der Waals surface area contributed by atoms with Crippen LogP contribution in [-0.2, 0) is 4.79 Å². The minimum atomic E-state index is -1.07. The topological polar surface area (TPSA) is 94.0 Å². The van der Waals surface area contributed by atoms with Crippen LogP contribution in [0.4, 0.5) is 0 Å².